The summed E-state index contributed by atoms with van der Waals surface area (Å²) in [5.74, 6) is -0.766. The van der Waals surface area contributed by atoms with Gasteiger partial charge in [0.2, 0.25) is 0 Å². The second-order valence-corrected chi connectivity index (χ2v) is 3.74. The van der Waals surface area contributed by atoms with Gasteiger partial charge in [-0.15, -0.1) is 0 Å². The summed E-state index contributed by atoms with van der Waals surface area (Å²) in [6, 6.07) is 4.56. The summed E-state index contributed by atoms with van der Waals surface area (Å²) in [5.41, 5.74) is 6.15. The molecule has 0 saturated heterocycles. The number of rotatable bonds is 6. The minimum absolute atomic E-state index is 0.0963. The predicted molar refractivity (Wildman–Crippen MR) is 68.7 cm³/mol. The van der Waals surface area contributed by atoms with Gasteiger partial charge >= 0.3 is 0 Å². The minimum Gasteiger partial charge on any atom is -0.409 e. The number of nitrogens with two attached hydrogens (primary N) is 1. The molecule has 0 atom stereocenters. The van der Waals surface area contributed by atoms with Crippen LogP contribution in [-0.2, 0) is 4.74 Å². The quantitative estimate of drug-likeness (QED) is 0.265. The van der Waals surface area contributed by atoms with Crippen molar-refractivity contribution in [3.63, 3.8) is 0 Å². The highest BCUT2D eigenvalue weighted by molar-refractivity contribution is 6.02. The second kappa shape index (κ2) is 6.80. The number of hydrogen-bond donors (Lipinski definition) is 2. The Bertz CT molecular complexity index is 424. The van der Waals surface area contributed by atoms with Crippen LogP contribution in [0.5, 0.6) is 0 Å². The maximum Gasteiger partial charge on any atom is 0.175 e. The van der Waals surface area contributed by atoms with Crippen LogP contribution >= 0.6 is 0 Å². The highest BCUT2D eigenvalue weighted by Crippen LogP contribution is 2.21. The lowest BCUT2D eigenvalue weighted by molar-refractivity contribution is 0.154. The van der Waals surface area contributed by atoms with Gasteiger partial charge in [0.05, 0.1) is 17.9 Å². The molecule has 6 heteroatoms. The number of oxime groups is 1. The highest BCUT2D eigenvalue weighted by atomic mass is 19.1. The molecule has 0 aliphatic rings. The first kappa shape index (κ1) is 14.2. The van der Waals surface area contributed by atoms with E-state index in [0.29, 0.717) is 25.4 Å². The molecule has 0 saturated carbocycles. The lowest BCUT2D eigenvalue weighted by Gasteiger charge is -2.22. The largest absolute Gasteiger partial charge is 0.409 e. The van der Waals surface area contributed by atoms with Crippen molar-refractivity contribution in [2.24, 2.45) is 10.9 Å². The van der Waals surface area contributed by atoms with Gasteiger partial charge in [-0.25, -0.2) is 4.39 Å². The molecule has 0 spiro atoms. The Hall–Kier alpha value is -1.82. The SMILES string of the molecule is CCOCCN(C)c1cccc(F)c1/C(N)=N/O. The van der Waals surface area contributed by atoms with Gasteiger partial charge < -0.3 is 20.6 Å². The number of likely N-dealkylation sites (N-methyl/N-ethyl adjacent to an activating group) is 1. The monoisotopic (exact) mass is 255 g/mol. The first-order valence-electron chi connectivity index (χ1n) is 5.67. The zero-order valence-corrected chi connectivity index (χ0v) is 10.6. The second-order valence-electron chi connectivity index (χ2n) is 3.74. The summed E-state index contributed by atoms with van der Waals surface area (Å²) in [6.07, 6.45) is 0. The van der Waals surface area contributed by atoms with Crippen LogP contribution < -0.4 is 10.6 Å². The molecule has 1 aromatic carbocycles. The molecule has 0 aliphatic carbocycles. The normalized spacial score (nSPS) is 11.6. The predicted octanol–water partition coefficient (Wildman–Crippen LogP) is 1.39. The van der Waals surface area contributed by atoms with Crippen LogP contribution in [0, 0.1) is 5.82 Å². The zero-order valence-electron chi connectivity index (χ0n) is 10.6. The zero-order chi connectivity index (χ0) is 13.5. The Kier molecular flexibility index (Phi) is 5.38. The minimum atomic E-state index is -0.522. The number of amidine groups is 1. The van der Waals surface area contributed by atoms with Crippen molar-refractivity contribution in [3.05, 3.63) is 29.6 Å². The van der Waals surface area contributed by atoms with E-state index in [9.17, 15) is 4.39 Å². The van der Waals surface area contributed by atoms with Crippen molar-refractivity contribution in [1.82, 2.24) is 0 Å². The molecule has 0 heterocycles. The molecule has 18 heavy (non-hydrogen) atoms. The molecular formula is C12H18FN3O2. The summed E-state index contributed by atoms with van der Waals surface area (Å²) in [7, 11) is 1.79. The number of anilines is 1. The lowest BCUT2D eigenvalue weighted by atomic mass is 10.1. The number of benzene rings is 1. The summed E-state index contributed by atoms with van der Waals surface area (Å²) < 4.78 is 18.9. The Morgan fingerprint density at radius 1 is 1.56 bits per heavy atom. The number of halogens is 1. The average molecular weight is 255 g/mol. The van der Waals surface area contributed by atoms with Gasteiger partial charge in [0.15, 0.2) is 5.84 Å². The molecule has 0 bridgehead atoms. The van der Waals surface area contributed by atoms with E-state index in [-0.39, 0.29) is 11.4 Å². The standard InChI is InChI=1S/C12H18FN3O2/c1-3-18-8-7-16(2)10-6-4-5-9(13)11(10)12(14)15-17/h4-6,17H,3,7-8H2,1-2H3,(H2,14,15). The first-order valence-corrected chi connectivity index (χ1v) is 5.67. The van der Waals surface area contributed by atoms with Gasteiger partial charge in [-0.2, -0.15) is 0 Å². The van der Waals surface area contributed by atoms with Gasteiger partial charge in [-0.3, -0.25) is 0 Å². The Morgan fingerprint density at radius 3 is 2.89 bits per heavy atom. The van der Waals surface area contributed by atoms with Crippen molar-refractivity contribution in [1.29, 1.82) is 0 Å². The average Bonchev–Trinajstić information content (AvgIpc) is 2.37. The fourth-order valence-corrected chi connectivity index (χ4v) is 1.60. The van der Waals surface area contributed by atoms with Crippen molar-refractivity contribution >= 4 is 11.5 Å². The maximum absolute atomic E-state index is 13.7. The van der Waals surface area contributed by atoms with E-state index in [0.717, 1.165) is 0 Å². The molecule has 5 nitrogen and oxygen atoms in total. The highest BCUT2D eigenvalue weighted by Gasteiger charge is 2.15. The smallest absolute Gasteiger partial charge is 0.175 e. The summed E-state index contributed by atoms with van der Waals surface area (Å²) >= 11 is 0. The molecular weight excluding hydrogens is 237 g/mol. The van der Waals surface area contributed by atoms with Crippen LogP contribution in [0.2, 0.25) is 0 Å². The summed E-state index contributed by atoms with van der Waals surface area (Å²) in [4.78, 5) is 1.80. The Balaban J connectivity index is 2.97. The van der Waals surface area contributed by atoms with E-state index in [2.05, 4.69) is 5.16 Å². The third kappa shape index (κ3) is 3.33. The molecule has 0 radical (unpaired) electrons. The van der Waals surface area contributed by atoms with Crippen LogP contribution in [0.4, 0.5) is 10.1 Å². The van der Waals surface area contributed by atoms with E-state index < -0.39 is 5.82 Å². The molecule has 100 valence electrons. The van der Waals surface area contributed by atoms with Crippen molar-refractivity contribution in [2.45, 2.75) is 6.92 Å². The van der Waals surface area contributed by atoms with Crippen LogP contribution in [0.25, 0.3) is 0 Å². The van der Waals surface area contributed by atoms with E-state index in [1.54, 1.807) is 24.1 Å². The van der Waals surface area contributed by atoms with Crippen molar-refractivity contribution < 1.29 is 14.3 Å². The Morgan fingerprint density at radius 2 is 2.28 bits per heavy atom. The number of hydrogen-bond acceptors (Lipinski definition) is 4. The van der Waals surface area contributed by atoms with Crippen LogP contribution in [0.15, 0.2) is 23.4 Å². The molecule has 0 aromatic heterocycles. The van der Waals surface area contributed by atoms with Gasteiger partial charge in [0, 0.05) is 20.2 Å². The molecule has 0 aliphatic heterocycles. The van der Waals surface area contributed by atoms with Gasteiger partial charge in [0.1, 0.15) is 5.82 Å². The summed E-state index contributed by atoms with van der Waals surface area (Å²) in [6.45, 7) is 3.65. The van der Waals surface area contributed by atoms with Gasteiger partial charge in [0.25, 0.3) is 0 Å². The van der Waals surface area contributed by atoms with E-state index in [1.165, 1.54) is 6.07 Å². The molecule has 1 rings (SSSR count). The Labute approximate surface area is 106 Å². The number of ether oxygens (including phenoxy) is 1. The lowest BCUT2D eigenvalue weighted by Crippen LogP contribution is -2.27. The van der Waals surface area contributed by atoms with Crippen LogP contribution in [0.3, 0.4) is 0 Å². The van der Waals surface area contributed by atoms with Gasteiger partial charge in [-0.05, 0) is 19.1 Å². The molecule has 0 amide bonds. The van der Waals surface area contributed by atoms with Gasteiger partial charge in [-0.1, -0.05) is 11.2 Å². The van der Waals surface area contributed by atoms with E-state index in [1.807, 2.05) is 6.92 Å². The summed E-state index contributed by atoms with van der Waals surface area (Å²) in [5, 5.41) is 11.5. The maximum atomic E-state index is 13.7. The third-order valence-corrected chi connectivity index (χ3v) is 2.54. The topological polar surface area (TPSA) is 71.1 Å². The molecule has 1 aromatic rings. The molecule has 0 unspecified atom stereocenters. The molecule has 3 N–H and O–H groups in total. The third-order valence-electron chi connectivity index (χ3n) is 2.54. The van der Waals surface area contributed by atoms with E-state index in [4.69, 9.17) is 15.7 Å². The fourth-order valence-electron chi connectivity index (χ4n) is 1.60. The fraction of sp³-hybridized carbons (Fsp3) is 0.417. The van der Waals surface area contributed by atoms with Crippen molar-refractivity contribution in [2.75, 3.05) is 31.7 Å². The van der Waals surface area contributed by atoms with Crippen LogP contribution in [-0.4, -0.2) is 37.8 Å². The molecule has 0 fully saturated rings. The van der Waals surface area contributed by atoms with Crippen LogP contribution in [0.1, 0.15) is 12.5 Å². The van der Waals surface area contributed by atoms with E-state index >= 15 is 0 Å². The first-order chi connectivity index (χ1) is 8.61. The van der Waals surface area contributed by atoms with Crippen molar-refractivity contribution in [3.8, 4) is 0 Å². The number of nitrogens with zero attached hydrogens (tertiary/aromatic N) is 2.